The average Bonchev–Trinajstić information content (AvgIpc) is 2.27. The second kappa shape index (κ2) is 5.01. The molecule has 2 N–H and O–H groups in total. The van der Waals surface area contributed by atoms with Crippen LogP contribution in [0.25, 0.3) is 0 Å². The monoisotopic (exact) mass is 262 g/mol. The molecule has 0 aliphatic rings. The van der Waals surface area contributed by atoms with Crippen LogP contribution in [0.4, 0.5) is 11.5 Å². The zero-order chi connectivity index (χ0) is 13.1. The molecule has 18 heavy (non-hydrogen) atoms. The van der Waals surface area contributed by atoms with Crippen LogP contribution >= 0.6 is 11.8 Å². The Morgan fingerprint density at radius 1 is 1.33 bits per heavy atom. The van der Waals surface area contributed by atoms with Gasteiger partial charge in [0.05, 0.1) is 9.82 Å². The third-order valence-electron chi connectivity index (χ3n) is 2.11. The first-order valence-electron chi connectivity index (χ1n) is 5.08. The van der Waals surface area contributed by atoms with Crippen LogP contribution in [0.3, 0.4) is 0 Å². The SMILES string of the molecule is Cc1nc(N)cc(Sc2ccccc2[N+](=O)[O-])n1. The molecule has 0 saturated carbocycles. The van der Waals surface area contributed by atoms with Gasteiger partial charge in [0.15, 0.2) is 0 Å². The fourth-order valence-corrected chi connectivity index (χ4v) is 2.40. The number of aromatic nitrogens is 2. The summed E-state index contributed by atoms with van der Waals surface area (Å²) in [6.07, 6.45) is 0. The van der Waals surface area contributed by atoms with Crippen LogP contribution in [-0.2, 0) is 0 Å². The molecular weight excluding hydrogens is 252 g/mol. The van der Waals surface area contributed by atoms with E-state index in [1.54, 1.807) is 31.2 Å². The molecule has 6 nitrogen and oxygen atoms in total. The number of nitro groups is 1. The molecule has 0 aliphatic carbocycles. The minimum atomic E-state index is -0.417. The molecular formula is C11H10N4O2S. The number of benzene rings is 1. The minimum absolute atomic E-state index is 0.0531. The highest BCUT2D eigenvalue weighted by Gasteiger charge is 2.14. The van der Waals surface area contributed by atoms with Crippen molar-refractivity contribution in [2.75, 3.05) is 5.73 Å². The van der Waals surface area contributed by atoms with Crippen molar-refractivity contribution >= 4 is 23.3 Å². The molecule has 92 valence electrons. The van der Waals surface area contributed by atoms with Crippen LogP contribution in [0.5, 0.6) is 0 Å². The van der Waals surface area contributed by atoms with Gasteiger partial charge in [0.25, 0.3) is 5.69 Å². The Kier molecular flexibility index (Phi) is 3.42. The molecule has 2 aromatic rings. The molecule has 1 heterocycles. The average molecular weight is 262 g/mol. The van der Waals surface area contributed by atoms with Gasteiger partial charge in [-0.25, -0.2) is 9.97 Å². The Morgan fingerprint density at radius 2 is 2.06 bits per heavy atom. The van der Waals surface area contributed by atoms with Crippen LogP contribution in [0.15, 0.2) is 40.3 Å². The molecule has 0 spiro atoms. The standard InChI is InChI=1S/C11H10N4O2S/c1-7-13-10(12)6-11(14-7)18-9-5-3-2-4-8(9)15(16)17/h2-6H,1H3,(H2,12,13,14). The van der Waals surface area contributed by atoms with Gasteiger partial charge in [0, 0.05) is 12.1 Å². The Morgan fingerprint density at radius 3 is 2.72 bits per heavy atom. The lowest BCUT2D eigenvalue weighted by Crippen LogP contribution is -1.97. The lowest BCUT2D eigenvalue weighted by atomic mass is 10.3. The molecule has 1 aromatic heterocycles. The van der Waals surface area contributed by atoms with Gasteiger partial charge in [0.1, 0.15) is 16.7 Å². The summed E-state index contributed by atoms with van der Waals surface area (Å²) in [5.74, 6) is 0.889. The fourth-order valence-electron chi connectivity index (χ4n) is 1.42. The number of nitro benzene ring substituents is 1. The lowest BCUT2D eigenvalue weighted by molar-refractivity contribution is -0.387. The van der Waals surface area contributed by atoms with Gasteiger partial charge >= 0.3 is 0 Å². The first-order valence-corrected chi connectivity index (χ1v) is 5.90. The van der Waals surface area contributed by atoms with Gasteiger partial charge in [0.2, 0.25) is 0 Å². The molecule has 0 fully saturated rings. The normalized spacial score (nSPS) is 10.3. The van der Waals surface area contributed by atoms with Gasteiger partial charge in [-0.05, 0) is 13.0 Å². The second-order valence-electron chi connectivity index (χ2n) is 3.51. The molecule has 0 amide bonds. The molecule has 0 aliphatic heterocycles. The van der Waals surface area contributed by atoms with Crippen molar-refractivity contribution in [1.82, 2.24) is 9.97 Å². The lowest BCUT2D eigenvalue weighted by Gasteiger charge is -2.03. The van der Waals surface area contributed by atoms with Crippen molar-refractivity contribution in [1.29, 1.82) is 0 Å². The smallest absolute Gasteiger partial charge is 0.283 e. The van der Waals surface area contributed by atoms with E-state index >= 15 is 0 Å². The third kappa shape index (κ3) is 2.75. The number of anilines is 1. The van der Waals surface area contributed by atoms with Crippen molar-refractivity contribution < 1.29 is 4.92 Å². The van der Waals surface area contributed by atoms with E-state index in [0.29, 0.717) is 21.6 Å². The number of nitrogens with two attached hydrogens (primary N) is 1. The van der Waals surface area contributed by atoms with E-state index in [4.69, 9.17) is 5.73 Å². The number of para-hydroxylation sites is 1. The van der Waals surface area contributed by atoms with Crippen molar-refractivity contribution in [2.45, 2.75) is 16.8 Å². The highest BCUT2D eigenvalue weighted by atomic mass is 32.2. The van der Waals surface area contributed by atoms with Crippen molar-refractivity contribution in [2.24, 2.45) is 0 Å². The van der Waals surface area contributed by atoms with Gasteiger partial charge in [-0.3, -0.25) is 10.1 Å². The number of hydrogen-bond donors (Lipinski definition) is 1. The number of rotatable bonds is 3. The summed E-state index contributed by atoms with van der Waals surface area (Å²) in [5.41, 5.74) is 5.67. The number of aryl methyl sites for hydroxylation is 1. The Hall–Kier alpha value is -2.15. The summed E-state index contributed by atoms with van der Waals surface area (Å²) >= 11 is 1.20. The number of hydrogen-bond acceptors (Lipinski definition) is 6. The Bertz CT molecular complexity index is 583. The molecule has 0 saturated heterocycles. The molecule has 2 rings (SSSR count). The van der Waals surface area contributed by atoms with Crippen LogP contribution < -0.4 is 5.73 Å². The minimum Gasteiger partial charge on any atom is -0.384 e. The third-order valence-corrected chi connectivity index (χ3v) is 3.09. The topological polar surface area (TPSA) is 94.9 Å². The number of nitrogen functional groups attached to an aromatic ring is 1. The zero-order valence-electron chi connectivity index (χ0n) is 9.53. The first kappa shape index (κ1) is 12.3. The van der Waals surface area contributed by atoms with Crippen molar-refractivity contribution in [3.8, 4) is 0 Å². The summed E-state index contributed by atoms with van der Waals surface area (Å²) in [5, 5.41) is 11.5. The summed E-state index contributed by atoms with van der Waals surface area (Å²) in [7, 11) is 0. The van der Waals surface area contributed by atoms with Crippen molar-refractivity contribution in [3.05, 3.63) is 46.3 Å². The molecule has 1 aromatic carbocycles. The Labute approximate surface area is 107 Å². The van der Waals surface area contributed by atoms with Gasteiger partial charge in [-0.15, -0.1) is 0 Å². The number of nitrogens with zero attached hydrogens (tertiary/aromatic N) is 3. The predicted molar refractivity (Wildman–Crippen MR) is 68.4 cm³/mol. The van der Waals surface area contributed by atoms with Crippen LogP contribution in [0.2, 0.25) is 0 Å². The highest BCUT2D eigenvalue weighted by Crippen LogP contribution is 2.33. The molecule has 0 atom stereocenters. The molecule has 0 radical (unpaired) electrons. The predicted octanol–water partition coefficient (Wildman–Crippen LogP) is 2.43. The van der Waals surface area contributed by atoms with E-state index < -0.39 is 4.92 Å². The summed E-state index contributed by atoms with van der Waals surface area (Å²) in [4.78, 5) is 19.1. The van der Waals surface area contributed by atoms with Crippen LogP contribution in [0, 0.1) is 17.0 Å². The van der Waals surface area contributed by atoms with Gasteiger partial charge < -0.3 is 5.73 Å². The largest absolute Gasteiger partial charge is 0.384 e. The Balaban J connectivity index is 2.37. The highest BCUT2D eigenvalue weighted by molar-refractivity contribution is 7.99. The van der Waals surface area contributed by atoms with Crippen molar-refractivity contribution in [3.63, 3.8) is 0 Å². The molecule has 0 unspecified atom stereocenters. The molecule has 0 bridgehead atoms. The molecule has 7 heteroatoms. The van der Waals surface area contributed by atoms with Gasteiger partial charge in [-0.1, -0.05) is 23.9 Å². The van der Waals surface area contributed by atoms with Crippen LogP contribution in [-0.4, -0.2) is 14.9 Å². The van der Waals surface area contributed by atoms with E-state index in [9.17, 15) is 10.1 Å². The van der Waals surface area contributed by atoms with Crippen LogP contribution in [0.1, 0.15) is 5.82 Å². The second-order valence-corrected chi connectivity index (χ2v) is 4.57. The fraction of sp³-hybridized carbons (Fsp3) is 0.0909. The quantitative estimate of drug-likeness (QED) is 0.518. The van der Waals surface area contributed by atoms with E-state index in [-0.39, 0.29) is 5.69 Å². The first-order chi connectivity index (χ1) is 8.56. The summed E-state index contributed by atoms with van der Waals surface area (Å²) in [6, 6.07) is 8.10. The van der Waals surface area contributed by atoms with E-state index in [1.807, 2.05) is 0 Å². The van der Waals surface area contributed by atoms with E-state index in [2.05, 4.69) is 9.97 Å². The van der Waals surface area contributed by atoms with E-state index in [0.717, 1.165) is 0 Å². The van der Waals surface area contributed by atoms with Gasteiger partial charge in [-0.2, -0.15) is 0 Å². The maximum atomic E-state index is 10.9. The maximum Gasteiger partial charge on any atom is 0.283 e. The maximum absolute atomic E-state index is 10.9. The summed E-state index contributed by atoms with van der Waals surface area (Å²) < 4.78 is 0. The summed E-state index contributed by atoms with van der Waals surface area (Å²) in [6.45, 7) is 1.72. The zero-order valence-corrected chi connectivity index (χ0v) is 10.3. The van der Waals surface area contributed by atoms with E-state index in [1.165, 1.54) is 17.8 Å².